The molecule has 1 aliphatic heterocycles. The first-order valence-electron chi connectivity index (χ1n) is 10.7. The summed E-state index contributed by atoms with van der Waals surface area (Å²) in [7, 11) is 0. The summed E-state index contributed by atoms with van der Waals surface area (Å²) in [4.78, 5) is 37.9. The average molecular weight is 438 g/mol. The smallest absolute Gasteiger partial charge is 0.407 e. The van der Waals surface area contributed by atoms with Gasteiger partial charge in [-0.2, -0.15) is 0 Å². The quantitative estimate of drug-likeness (QED) is 0.743. The van der Waals surface area contributed by atoms with Crippen molar-refractivity contribution in [2.45, 2.75) is 18.9 Å². The predicted octanol–water partition coefficient (Wildman–Crippen LogP) is 2.47. The van der Waals surface area contributed by atoms with Gasteiger partial charge in [0, 0.05) is 19.0 Å². The van der Waals surface area contributed by atoms with Gasteiger partial charge in [-0.25, -0.2) is 4.79 Å². The lowest BCUT2D eigenvalue weighted by Crippen LogP contribution is -2.49. The van der Waals surface area contributed by atoms with Crippen molar-refractivity contribution >= 4 is 18.0 Å². The zero-order valence-electron chi connectivity index (χ0n) is 17.8. The SMILES string of the molecule is C[C@H](NC(=O)OCC1c2ccccc2-c2ccccc21)C(=O)N1CCOCC(C(=O)O)C1. The first-order valence-corrected chi connectivity index (χ1v) is 10.7. The third-order valence-electron chi connectivity index (χ3n) is 5.97. The molecule has 0 spiro atoms. The Morgan fingerprint density at radius 3 is 2.38 bits per heavy atom. The number of benzene rings is 2. The van der Waals surface area contributed by atoms with Gasteiger partial charge in [0.15, 0.2) is 0 Å². The number of carbonyl (C=O) groups excluding carboxylic acids is 2. The summed E-state index contributed by atoms with van der Waals surface area (Å²) >= 11 is 0. The van der Waals surface area contributed by atoms with Gasteiger partial charge in [0.05, 0.1) is 19.1 Å². The highest BCUT2D eigenvalue weighted by Gasteiger charge is 2.31. The second kappa shape index (κ2) is 9.40. The van der Waals surface area contributed by atoms with Crippen LogP contribution in [0.3, 0.4) is 0 Å². The van der Waals surface area contributed by atoms with Crippen LogP contribution < -0.4 is 5.32 Å². The fraction of sp³-hybridized carbons (Fsp3) is 0.375. The molecule has 2 aliphatic rings. The number of carboxylic acids is 1. The molecule has 2 N–H and O–H groups in total. The molecule has 4 rings (SSSR count). The second-order valence-corrected chi connectivity index (χ2v) is 8.09. The van der Waals surface area contributed by atoms with E-state index < -0.39 is 24.0 Å². The van der Waals surface area contributed by atoms with Crippen molar-refractivity contribution < 1.29 is 29.0 Å². The number of nitrogens with one attached hydrogen (secondary N) is 1. The van der Waals surface area contributed by atoms with Gasteiger partial charge in [0.25, 0.3) is 0 Å². The summed E-state index contributed by atoms with van der Waals surface area (Å²) in [5.41, 5.74) is 4.49. The van der Waals surface area contributed by atoms with Gasteiger partial charge in [-0.3, -0.25) is 9.59 Å². The maximum absolute atomic E-state index is 12.7. The number of rotatable bonds is 5. The molecule has 1 heterocycles. The number of aliphatic carboxylic acids is 1. The van der Waals surface area contributed by atoms with E-state index >= 15 is 0 Å². The molecule has 168 valence electrons. The third-order valence-corrected chi connectivity index (χ3v) is 5.97. The van der Waals surface area contributed by atoms with Gasteiger partial charge in [0.1, 0.15) is 12.6 Å². The van der Waals surface area contributed by atoms with Crippen LogP contribution in [0.4, 0.5) is 4.79 Å². The van der Waals surface area contributed by atoms with Crippen LogP contribution in [0.5, 0.6) is 0 Å². The Balaban J connectivity index is 1.36. The molecule has 0 saturated carbocycles. The summed E-state index contributed by atoms with van der Waals surface area (Å²) in [5.74, 6) is -2.24. The molecule has 0 aromatic heterocycles. The molecule has 1 saturated heterocycles. The van der Waals surface area contributed by atoms with Gasteiger partial charge >= 0.3 is 12.1 Å². The lowest BCUT2D eigenvalue weighted by atomic mass is 9.98. The zero-order valence-corrected chi connectivity index (χ0v) is 17.8. The minimum atomic E-state index is -1.01. The van der Waals surface area contributed by atoms with Gasteiger partial charge in [0.2, 0.25) is 5.91 Å². The summed E-state index contributed by atoms with van der Waals surface area (Å²) in [5, 5.41) is 11.8. The first kappa shape index (κ1) is 21.8. The van der Waals surface area contributed by atoms with Crippen molar-refractivity contribution in [2.75, 3.05) is 32.9 Å². The minimum Gasteiger partial charge on any atom is -0.481 e. The maximum Gasteiger partial charge on any atom is 0.407 e. The van der Waals surface area contributed by atoms with Crippen molar-refractivity contribution in [3.05, 3.63) is 59.7 Å². The molecule has 2 aromatic carbocycles. The Bertz CT molecular complexity index is 978. The fourth-order valence-corrected chi connectivity index (χ4v) is 4.31. The Morgan fingerprint density at radius 2 is 1.75 bits per heavy atom. The number of hydrogen-bond donors (Lipinski definition) is 2. The van der Waals surface area contributed by atoms with Crippen LogP contribution in [0.15, 0.2) is 48.5 Å². The molecule has 0 radical (unpaired) electrons. The summed E-state index contributed by atoms with van der Waals surface area (Å²) in [6.07, 6.45) is -0.687. The standard InChI is InChI=1S/C24H26N2O6/c1-15(22(27)26-10-11-31-13-16(12-26)23(28)29)25-24(30)32-14-21-19-8-4-2-6-17(19)18-7-3-5-9-20(18)21/h2-9,15-16,21H,10-14H2,1H3,(H,25,30)(H,28,29)/t15-,16?/m0/s1. The van der Waals surface area contributed by atoms with E-state index in [0.717, 1.165) is 22.3 Å². The average Bonchev–Trinajstić information content (AvgIpc) is 2.93. The van der Waals surface area contributed by atoms with Crippen LogP contribution in [0.25, 0.3) is 11.1 Å². The normalized spacial score (nSPS) is 18.8. The molecule has 2 amide bonds. The summed E-state index contributed by atoms with van der Waals surface area (Å²) in [6.45, 7) is 2.36. The molecule has 0 bridgehead atoms. The highest BCUT2D eigenvalue weighted by Crippen LogP contribution is 2.44. The summed E-state index contributed by atoms with van der Waals surface area (Å²) < 4.78 is 10.8. The van der Waals surface area contributed by atoms with E-state index in [-0.39, 0.29) is 44.7 Å². The van der Waals surface area contributed by atoms with E-state index in [2.05, 4.69) is 17.4 Å². The number of carboxylic acid groups (broad SMARTS) is 1. The lowest BCUT2D eigenvalue weighted by molar-refractivity contribution is -0.144. The van der Waals surface area contributed by atoms with Crippen molar-refractivity contribution in [3.8, 4) is 11.1 Å². The van der Waals surface area contributed by atoms with E-state index in [1.165, 1.54) is 4.90 Å². The van der Waals surface area contributed by atoms with Crippen LogP contribution in [0.2, 0.25) is 0 Å². The highest BCUT2D eigenvalue weighted by molar-refractivity contribution is 5.86. The number of fused-ring (bicyclic) bond motifs is 3. The van der Waals surface area contributed by atoms with E-state index in [9.17, 15) is 19.5 Å². The fourth-order valence-electron chi connectivity index (χ4n) is 4.31. The molecular weight excluding hydrogens is 412 g/mol. The van der Waals surface area contributed by atoms with Gasteiger partial charge in [-0.1, -0.05) is 48.5 Å². The Morgan fingerprint density at radius 1 is 1.12 bits per heavy atom. The highest BCUT2D eigenvalue weighted by atomic mass is 16.5. The van der Waals surface area contributed by atoms with Gasteiger partial charge in [-0.05, 0) is 29.2 Å². The molecular formula is C24H26N2O6. The van der Waals surface area contributed by atoms with E-state index in [1.807, 2.05) is 36.4 Å². The molecule has 8 nitrogen and oxygen atoms in total. The summed E-state index contributed by atoms with van der Waals surface area (Å²) in [6, 6.07) is 15.2. The lowest BCUT2D eigenvalue weighted by Gasteiger charge is -2.25. The molecule has 2 aromatic rings. The van der Waals surface area contributed by atoms with Gasteiger partial charge < -0.3 is 24.8 Å². The molecule has 32 heavy (non-hydrogen) atoms. The molecule has 1 unspecified atom stereocenters. The zero-order chi connectivity index (χ0) is 22.7. The number of ether oxygens (including phenoxy) is 2. The largest absolute Gasteiger partial charge is 0.481 e. The number of nitrogens with zero attached hydrogens (tertiary/aromatic N) is 1. The number of alkyl carbamates (subject to hydrolysis) is 1. The van der Waals surface area contributed by atoms with Crippen molar-refractivity contribution in [3.63, 3.8) is 0 Å². The van der Waals surface area contributed by atoms with Crippen LogP contribution in [-0.2, 0) is 19.1 Å². The third kappa shape index (κ3) is 4.45. The van der Waals surface area contributed by atoms with Gasteiger partial charge in [-0.15, -0.1) is 0 Å². The Kier molecular flexibility index (Phi) is 6.41. The molecule has 1 aliphatic carbocycles. The van der Waals surface area contributed by atoms with Crippen LogP contribution in [0.1, 0.15) is 24.0 Å². The second-order valence-electron chi connectivity index (χ2n) is 8.09. The predicted molar refractivity (Wildman–Crippen MR) is 116 cm³/mol. The topological polar surface area (TPSA) is 105 Å². The minimum absolute atomic E-state index is 0.0465. The van der Waals surface area contributed by atoms with E-state index in [0.29, 0.717) is 0 Å². The monoisotopic (exact) mass is 438 g/mol. The number of carbonyl (C=O) groups is 3. The van der Waals surface area contributed by atoms with Crippen molar-refractivity contribution in [1.29, 1.82) is 0 Å². The van der Waals surface area contributed by atoms with Crippen LogP contribution >= 0.6 is 0 Å². The molecule has 8 heteroatoms. The number of hydrogen-bond acceptors (Lipinski definition) is 5. The van der Waals surface area contributed by atoms with E-state index in [4.69, 9.17) is 9.47 Å². The molecule has 1 fully saturated rings. The Hall–Kier alpha value is -3.39. The van der Waals surface area contributed by atoms with E-state index in [1.54, 1.807) is 6.92 Å². The van der Waals surface area contributed by atoms with Crippen LogP contribution in [0, 0.1) is 5.92 Å². The van der Waals surface area contributed by atoms with Crippen molar-refractivity contribution in [2.24, 2.45) is 5.92 Å². The Labute approximate surface area is 186 Å². The van der Waals surface area contributed by atoms with Crippen LogP contribution in [-0.4, -0.2) is 66.9 Å². The maximum atomic E-state index is 12.7. The van der Waals surface area contributed by atoms with Crippen molar-refractivity contribution in [1.82, 2.24) is 10.2 Å². The molecule has 2 atom stereocenters. The number of amides is 2. The first-order chi connectivity index (χ1) is 15.5.